The van der Waals surface area contributed by atoms with Crippen LogP contribution in [0.25, 0.3) is 10.9 Å². The number of benzene rings is 1. The van der Waals surface area contributed by atoms with Gasteiger partial charge in [0.15, 0.2) is 0 Å². The predicted octanol–water partition coefficient (Wildman–Crippen LogP) is 4.35. The Morgan fingerprint density at radius 1 is 1.11 bits per heavy atom. The van der Waals surface area contributed by atoms with Gasteiger partial charge in [-0.1, -0.05) is 0 Å². The lowest BCUT2D eigenvalue weighted by molar-refractivity contribution is -0.0145. The second-order valence-corrected chi connectivity index (χ2v) is 7.96. The number of alkyl halides is 2. The fourth-order valence-electron chi connectivity index (χ4n) is 4.47. The summed E-state index contributed by atoms with van der Waals surface area (Å²) in [4.78, 5) is 10.9. The third kappa shape index (κ3) is 4.22. The minimum Gasteiger partial charge on any atom is -0.367 e. The molecule has 1 aliphatic carbocycles. The number of hydrogen-bond acceptors (Lipinski definition) is 5. The van der Waals surface area contributed by atoms with Gasteiger partial charge in [0.2, 0.25) is 5.92 Å². The summed E-state index contributed by atoms with van der Waals surface area (Å²) in [6, 6.07) is 8.28. The Labute approximate surface area is 163 Å². The van der Waals surface area contributed by atoms with Gasteiger partial charge in [0.05, 0.1) is 17.1 Å². The van der Waals surface area contributed by atoms with Crippen LogP contribution in [0.4, 0.5) is 14.6 Å². The van der Waals surface area contributed by atoms with Gasteiger partial charge in [-0.2, -0.15) is 5.26 Å². The molecule has 1 aromatic heterocycles. The Hall–Kier alpha value is -2.33. The largest absolute Gasteiger partial charge is 0.367 e. The molecule has 1 aromatic carbocycles. The molecule has 148 valence electrons. The molecule has 0 amide bonds. The molecule has 0 atom stereocenters. The van der Waals surface area contributed by atoms with Crippen molar-refractivity contribution < 1.29 is 8.78 Å². The van der Waals surface area contributed by atoms with Crippen LogP contribution in [0.2, 0.25) is 0 Å². The van der Waals surface area contributed by atoms with Crippen LogP contribution in [0.3, 0.4) is 0 Å². The van der Waals surface area contributed by atoms with Crippen molar-refractivity contribution in [1.82, 2.24) is 14.9 Å². The van der Waals surface area contributed by atoms with Gasteiger partial charge in [0.1, 0.15) is 12.1 Å². The van der Waals surface area contributed by atoms with Crippen LogP contribution in [0, 0.1) is 11.3 Å². The third-order valence-electron chi connectivity index (χ3n) is 6.07. The zero-order valence-electron chi connectivity index (χ0n) is 15.9. The molecule has 2 fully saturated rings. The Kier molecular flexibility index (Phi) is 5.40. The number of nitrogens with one attached hydrogen (secondary N) is 1. The summed E-state index contributed by atoms with van der Waals surface area (Å²) in [5.74, 6) is -1.73. The highest BCUT2D eigenvalue weighted by Gasteiger charge is 2.34. The molecule has 2 heterocycles. The van der Waals surface area contributed by atoms with Crippen molar-refractivity contribution >= 4 is 16.7 Å². The highest BCUT2D eigenvalue weighted by Crippen LogP contribution is 2.32. The van der Waals surface area contributed by atoms with E-state index in [4.69, 9.17) is 5.26 Å². The molecule has 1 saturated carbocycles. The minimum atomic E-state index is -2.50. The van der Waals surface area contributed by atoms with Crippen molar-refractivity contribution in [2.45, 2.75) is 63.0 Å². The molecule has 1 N–H and O–H groups in total. The number of anilines is 1. The molecule has 5 nitrogen and oxygen atoms in total. The summed E-state index contributed by atoms with van der Waals surface area (Å²) in [6.07, 6.45) is 6.12. The Morgan fingerprint density at radius 3 is 2.71 bits per heavy atom. The van der Waals surface area contributed by atoms with Crippen LogP contribution in [0.15, 0.2) is 24.5 Å². The second kappa shape index (κ2) is 7.96. The first-order chi connectivity index (χ1) is 13.5. The van der Waals surface area contributed by atoms with E-state index in [9.17, 15) is 8.78 Å². The van der Waals surface area contributed by atoms with Crippen LogP contribution in [0.1, 0.15) is 50.5 Å². The maximum absolute atomic E-state index is 13.6. The van der Waals surface area contributed by atoms with Gasteiger partial charge in [-0.25, -0.2) is 18.7 Å². The van der Waals surface area contributed by atoms with Crippen molar-refractivity contribution in [3.8, 4) is 6.07 Å². The maximum Gasteiger partial charge on any atom is 0.249 e. The lowest BCUT2D eigenvalue weighted by atomic mass is 9.90. The Balaban J connectivity index is 1.39. The fourth-order valence-corrected chi connectivity index (χ4v) is 4.47. The number of nitriles is 1. The van der Waals surface area contributed by atoms with Crippen LogP contribution in [-0.4, -0.2) is 46.0 Å². The highest BCUT2D eigenvalue weighted by atomic mass is 19.3. The fraction of sp³-hybridized carbons (Fsp3) is 0.571. The van der Waals surface area contributed by atoms with Crippen molar-refractivity contribution in [3.63, 3.8) is 0 Å². The molecule has 2 aliphatic rings. The predicted molar refractivity (Wildman–Crippen MR) is 104 cm³/mol. The number of fused-ring (bicyclic) bond motifs is 1. The topological polar surface area (TPSA) is 64.8 Å². The lowest BCUT2D eigenvalue weighted by Crippen LogP contribution is -2.41. The molecule has 2 aromatic rings. The van der Waals surface area contributed by atoms with E-state index in [0.717, 1.165) is 48.9 Å². The molecule has 28 heavy (non-hydrogen) atoms. The highest BCUT2D eigenvalue weighted by molar-refractivity contribution is 5.89. The molecule has 7 heteroatoms. The van der Waals surface area contributed by atoms with Gasteiger partial charge in [0.25, 0.3) is 0 Å². The minimum absolute atomic E-state index is 0.0146. The van der Waals surface area contributed by atoms with E-state index in [0.29, 0.717) is 30.6 Å². The average Bonchev–Trinajstić information content (AvgIpc) is 2.89. The van der Waals surface area contributed by atoms with Crippen molar-refractivity contribution in [2.24, 2.45) is 0 Å². The molecule has 4 rings (SSSR count). The van der Waals surface area contributed by atoms with Crippen LogP contribution in [0.5, 0.6) is 0 Å². The van der Waals surface area contributed by atoms with Crippen molar-refractivity contribution in [1.29, 1.82) is 5.26 Å². The SMILES string of the molecule is N#Cc1ccc2ncnc(N[C@H]3CC[C@H](N4CCCC(F)(F)CC4)CC3)c2c1. The van der Waals surface area contributed by atoms with E-state index < -0.39 is 5.92 Å². The second-order valence-electron chi connectivity index (χ2n) is 7.96. The molecule has 1 saturated heterocycles. The van der Waals surface area contributed by atoms with Gasteiger partial charge >= 0.3 is 0 Å². The molecule has 0 radical (unpaired) electrons. The lowest BCUT2D eigenvalue weighted by Gasteiger charge is -2.36. The Bertz CT molecular complexity index is 871. The van der Waals surface area contributed by atoms with E-state index >= 15 is 0 Å². The molecular formula is C21H25F2N5. The molecule has 0 unspecified atom stereocenters. The third-order valence-corrected chi connectivity index (χ3v) is 6.07. The molecule has 0 spiro atoms. The number of nitrogens with zero attached hydrogens (tertiary/aromatic N) is 4. The van der Waals surface area contributed by atoms with Gasteiger partial charge in [-0.15, -0.1) is 0 Å². The van der Waals surface area contributed by atoms with Gasteiger partial charge in [-0.3, -0.25) is 0 Å². The number of rotatable bonds is 3. The van der Waals surface area contributed by atoms with Gasteiger partial charge in [0, 0.05) is 36.9 Å². The van der Waals surface area contributed by atoms with E-state index in [1.165, 1.54) is 0 Å². The summed E-state index contributed by atoms with van der Waals surface area (Å²) >= 11 is 0. The van der Waals surface area contributed by atoms with Gasteiger partial charge in [-0.05, 0) is 56.8 Å². The summed E-state index contributed by atoms with van der Waals surface area (Å²) < 4.78 is 27.2. The smallest absolute Gasteiger partial charge is 0.249 e. The van der Waals surface area contributed by atoms with Crippen LogP contribution in [-0.2, 0) is 0 Å². The van der Waals surface area contributed by atoms with Crippen LogP contribution < -0.4 is 5.32 Å². The molecule has 1 aliphatic heterocycles. The summed E-state index contributed by atoms with van der Waals surface area (Å²) in [6.45, 7) is 1.29. The average molecular weight is 385 g/mol. The van der Waals surface area contributed by atoms with Gasteiger partial charge < -0.3 is 10.2 Å². The maximum atomic E-state index is 13.6. The van der Waals surface area contributed by atoms with E-state index in [-0.39, 0.29) is 12.8 Å². The molecule has 0 bridgehead atoms. The van der Waals surface area contributed by atoms with E-state index in [1.807, 2.05) is 12.1 Å². The number of likely N-dealkylation sites (tertiary alicyclic amines) is 1. The molecular weight excluding hydrogens is 360 g/mol. The normalized spacial score (nSPS) is 25.8. The summed E-state index contributed by atoms with van der Waals surface area (Å²) in [5, 5.41) is 13.5. The monoisotopic (exact) mass is 385 g/mol. The van der Waals surface area contributed by atoms with Crippen LogP contribution >= 0.6 is 0 Å². The first kappa shape index (κ1) is 19.0. The van der Waals surface area contributed by atoms with E-state index in [1.54, 1.807) is 12.4 Å². The standard InChI is InChI=1S/C21H25F2N5/c22-21(23)8-1-10-28(11-9-21)17-5-3-16(4-6-17)27-20-18-12-15(13-24)2-7-19(18)25-14-26-20/h2,7,12,14,16-17H,1,3-6,8-11H2,(H,25,26,27)/t16-,17-. The number of hydrogen-bond donors (Lipinski definition) is 1. The summed E-state index contributed by atoms with van der Waals surface area (Å²) in [7, 11) is 0. The zero-order chi connectivity index (χ0) is 19.6. The van der Waals surface area contributed by atoms with E-state index in [2.05, 4.69) is 26.3 Å². The first-order valence-corrected chi connectivity index (χ1v) is 10.1. The van der Waals surface area contributed by atoms with Crippen molar-refractivity contribution in [3.05, 3.63) is 30.1 Å². The summed E-state index contributed by atoms with van der Waals surface area (Å²) in [5.41, 5.74) is 1.41. The first-order valence-electron chi connectivity index (χ1n) is 10.1. The number of halogens is 2. The number of aromatic nitrogens is 2. The van der Waals surface area contributed by atoms with Crippen molar-refractivity contribution in [2.75, 3.05) is 18.4 Å². The Morgan fingerprint density at radius 2 is 1.93 bits per heavy atom. The quantitative estimate of drug-likeness (QED) is 0.851. The zero-order valence-corrected chi connectivity index (χ0v) is 15.9.